The van der Waals surface area contributed by atoms with Gasteiger partial charge in [0.15, 0.2) is 0 Å². The third-order valence-corrected chi connectivity index (χ3v) is 3.47. The molecular weight excluding hydrogens is 265 g/mol. The van der Waals surface area contributed by atoms with Crippen molar-refractivity contribution < 1.29 is 14.8 Å². The number of hydrogen-bond acceptors (Lipinski definition) is 4. The van der Waals surface area contributed by atoms with Crippen LogP contribution < -0.4 is 10.2 Å². The van der Waals surface area contributed by atoms with E-state index in [2.05, 4.69) is 4.98 Å². The number of hydrogen-bond donors (Lipinski definition) is 2. The van der Waals surface area contributed by atoms with Gasteiger partial charge in [-0.3, -0.25) is 4.98 Å². The lowest BCUT2D eigenvalue weighted by Crippen LogP contribution is -2.29. The number of methoxy groups -OCH3 is 1. The Balaban J connectivity index is 2.18. The van der Waals surface area contributed by atoms with E-state index in [0.717, 1.165) is 21.9 Å². The molecule has 0 fully saturated rings. The zero-order chi connectivity index (χ0) is 14.8. The summed E-state index contributed by atoms with van der Waals surface area (Å²) in [6.07, 6.45) is 3.56. The highest BCUT2D eigenvalue weighted by molar-refractivity contribution is 6.58. The maximum Gasteiger partial charge on any atom is 0.488 e. The van der Waals surface area contributed by atoms with Crippen LogP contribution in [0.2, 0.25) is 0 Å². The Hall–Kier alpha value is -2.37. The molecule has 4 nitrogen and oxygen atoms in total. The van der Waals surface area contributed by atoms with Crippen LogP contribution in [0.25, 0.3) is 21.9 Å². The van der Waals surface area contributed by atoms with Crippen LogP contribution in [-0.4, -0.2) is 29.3 Å². The van der Waals surface area contributed by atoms with Gasteiger partial charge >= 0.3 is 7.12 Å². The van der Waals surface area contributed by atoms with Crippen LogP contribution in [0.1, 0.15) is 0 Å². The molecule has 0 radical (unpaired) electrons. The Morgan fingerprint density at radius 2 is 1.86 bits per heavy atom. The summed E-state index contributed by atoms with van der Waals surface area (Å²) in [7, 11) is 0.0908. The fourth-order valence-electron chi connectivity index (χ4n) is 2.36. The molecule has 2 N–H and O–H groups in total. The summed E-state index contributed by atoms with van der Waals surface area (Å²) in [6, 6.07) is 13.0. The summed E-state index contributed by atoms with van der Waals surface area (Å²) >= 11 is 0. The summed E-state index contributed by atoms with van der Waals surface area (Å²) in [5, 5.41) is 20.8. The van der Waals surface area contributed by atoms with E-state index in [1.807, 2.05) is 24.3 Å². The summed E-state index contributed by atoms with van der Waals surface area (Å²) < 4.78 is 5.37. The average molecular weight is 279 g/mol. The molecular formula is C16H14BNO3. The molecule has 0 aliphatic rings. The van der Waals surface area contributed by atoms with Crippen molar-refractivity contribution in [3.63, 3.8) is 0 Å². The first kappa shape index (κ1) is 13.6. The quantitative estimate of drug-likeness (QED) is 0.715. The van der Waals surface area contributed by atoms with E-state index in [-0.39, 0.29) is 0 Å². The van der Waals surface area contributed by atoms with Crippen molar-refractivity contribution in [2.45, 2.75) is 0 Å². The average Bonchev–Trinajstić information content (AvgIpc) is 2.53. The zero-order valence-corrected chi connectivity index (χ0v) is 11.5. The number of benzene rings is 2. The molecule has 1 heterocycles. The summed E-state index contributed by atoms with van der Waals surface area (Å²) in [5.74, 6) is 0.683. The predicted octanol–water partition coefficient (Wildman–Crippen LogP) is 1.59. The lowest BCUT2D eigenvalue weighted by Gasteiger charge is -2.11. The molecule has 0 spiro atoms. The van der Waals surface area contributed by atoms with E-state index < -0.39 is 7.12 Å². The van der Waals surface area contributed by atoms with Gasteiger partial charge in [0, 0.05) is 23.3 Å². The van der Waals surface area contributed by atoms with E-state index in [9.17, 15) is 10.0 Å². The molecule has 0 saturated carbocycles. The van der Waals surface area contributed by atoms with Gasteiger partial charge in [-0.05, 0) is 34.6 Å². The second-order valence-corrected chi connectivity index (χ2v) is 4.77. The van der Waals surface area contributed by atoms with E-state index in [1.54, 1.807) is 37.7 Å². The van der Waals surface area contributed by atoms with Gasteiger partial charge in [-0.15, -0.1) is 0 Å². The molecule has 0 bridgehead atoms. The standard InChI is InChI=1S/C16H14BNO3/c1-21-16-5-4-14(17(19)20)9-15(16)12-3-2-11-6-7-18-10-13(11)8-12/h2-10,19-20H,1H3. The van der Waals surface area contributed by atoms with Crippen molar-refractivity contribution >= 4 is 23.4 Å². The van der Waals surface area contributed by atoms with Crippen LogP contribution in [0.3, 0.4) is 0 Å². The van der Waals surface area contributed by atoms with Gasteiger partial charge in [-0.2, -0.15) is 0 Å². The van der Waals surface area contributed by atoms with Gasteiger partial charge in [-0.25, -0.2) is 0 Å². The first-order valence-corrected chi connectivity index (χ1v) is 6.57. The van der Waals surface area contributed by atoms with E-state index in [0.29, 0.717) is 11.2 Å². The van der Waals surface area contributed by atoms with E-state index >= 15 is 0 Å². The maximum absolute atomic E-state index is 9.34. The lowest BCUT2D eigenvalue weighted by molar-refractivity contribution is 0.415. The number of nitrogens with zero attached hydrogens (tertiary/aromatic N) is 1. The van der Waals surface area contributed by atoms with Gasteiger partial charge in [0.2, 0.25) is 0 Å². The minimum atomic E-state index is -1.50. The molecule has 3 aromatic rings. The Morgan fingerprint density at radius 3 is 2.62 bits per heavy atom. The Bertz CT molecular complexity index is 789. The molecule has 104 valence electrons. The number of aromatic nitrogens is 1. The summed E-state index contributed by atoms with van der Waals surface area (Å²) in [5.41, 5.74) is 2.18. The number of rotatable bonds is 3. The highest BCUT2D eigenvalue weighted by atomic mass is 16.5. The normalized spacial score (nSPS) is 10.6. The maximum atomic E-state index is 9.34. The molecule has 0 aliphatic heterocycles. The molecule has 0 aliphatic carbocycles. The van der Waals surface area contributed by atoms with Gasteiger partial charge in [0.1, 0.15) is 5.75 Å². The van der Waals surface area contributed by atoms with Gasteiger partial charge in [0.05, 0.1) is 7.11 Å². The first-order valence-electron chi connectivity index (χ1n) is 6.57. The highest BCUT2D eigenvalue weighted by Gasteiger charge is 2.15. The minimum Gasteiger partial charge on any atom is -0.496 e. The second kappa shape index (κ2) is 5.56. The van der Waals surface area contributed by atoms with Crippen molar-refractivity contribution in [1.82, 2.24) is 4.98 Å². The molecule has 2 aromatic carbocycles. The van der Waals surface area contributed by atoms with E-state index in [1.165, 1.54) is 0 Å². The van der Waals surface area contributed by atoms with Crippen LogP contribution >= 0.6 is 0 Å². The monoisotopic (exact) mass is 279 g/mol. The molecule has 21 heavy (non-hydrogen) atoms. The van der Waals surface area contributed by atoms with Crippen molar-refractivity contribution in [3.05, 3.63) is 54.9 Å². The van der Waals surface area contributed by atoms with E-state index in [4.69, 9.17) is 4.74 Å². The third-order valence-electron chi connectivity index (χ3n) is 3.47. The number of fused-ring (bicyclic) bond motifs is 1. The predicted molar refractivity (Wildman–Crippen MR) is 83.6 cm³/mol. The van der Waals surface area contributed by atoms with Gasteiger partial charge < -0.3 is 14.8 Å². The molecule has 0 amide bonds. The molecule has 5 heteroatoms. The number of pyridine rings is 1. The van der Waals surface area contributed by atoms with Crippen molar-refractivity contribution in [2.24, 2.45) is 0 Å². The molecule has 3 rings (SSSR count). The van der Waals surface area contributed by atoms with Crippen molar-refractivity contribution in [2.75, 3.05) is 7.11 Å². The van der Waals surface area contributed by atoms with Crippen molar-refractivity contribution in [3.8, 4) is 16.9 Å². The summed E-state index contributed by atoms with van der Waals surface area (Å²) in [6.45, 7) is 0. The molecule has 0 atom stereocenters. The SMILES string of the molecule is COc1ccc(B(O)O)cc1-c1ccc2ccncc2c1. The third kappa shape index (κ3) is 2.61. The van der Waals surface area contributed by atoms with Crippen LogP contribution in [-0.2, 0) is 0 Å². The smallest absolute Gasteiger partial charge is 0.488 e. The zero-order valence-electron chi connectivity index (χ0n) is 11.5. The Labute approximate surface area is 122 Å². The van der Waals surface area contributed by atoms with Gasteiger partial charge in [0.25, 0.3) is 0 Å². The lowest BCUT2D eigenvalue weighted by atomic mass is 9.79. The van der Waals surface area contributed by atoms with Crippen LogP contribution in [0.5, 0.6) is 5.75 Å². The van der Waals surface area contributed by atoms with Gasteiger partial charge in [-0.1, -0.05) is 24.3 Å². The Kier molecular flexibility index (Phi) is 3.60. The number of ether oxygens (including phenoxy) is 1. The summed E-state index contributed by atoms with van der Waals surface area (Å²) in [4.78, 5) is 4.12. The van der Waals surface area contributed by atoms with Crippen molar-refractivity contribution in [1.29, 1.82) is 0 Å². The Morgan fingerprint density at radius 1 is 1.00 bits per heavy atom. The molecule has 1 aromatic heterocycles. The highest BCUT2D eigenvalue weighted by Crippen LogP contribution is 2.31. The van der Waals surface area contributed by atoms with Crippen LogP contribution in [0.15, 0.2) is 54.9 Å². The fraction of sp³-hybridized carbons (Fsp3) is 0.0625. The first-order chi connectivity index (χ1) is 10.2. The minimum absolute atomic E-state index is 0.428. The largest absolute Gasteiger partial charge is 0.496 e. The topological polar surface area (TPSA) is 62.6 Å². The second-order valence-electron chi connectivity index (χ2n) is 4.77. The van der Waals surface area contributed by atoms with Crippen LogP contribution in [0.4, 0.5) is 0 Å². The molecule has 0 unspecified atom stereocenters. The van der Waals surface area contributed by atoms with Crippen LogP contribution in [0, 0.1) is 0 Å². The fourth-order valence-corrected chi connectivity index (χ4v) is 2.36. The molecule has 0 saturated heterocycles.